The first kappa shape index (κ1) is 9.77. The van der Waals surface area contributed by atoms with E-state index in [1.165, 1.54) is 0 Å². The Hall–Kier alpha value is -1.77. The molecule has 15 heavy (non-hydrogen) atoms. The van der Waals surface area contributed by atoms with Gasteiger partial charge in [0, 0.05) is 11.7 Å². The minimum Gasteiger partial charge on any atom is -0.465 e. The number of carbonyl (C=O) groups excluding carboxylic acids is 1. The third-order valence-electron chi connectivity index (χ3n) is 2.28. The number of benzene rings is 1. The Bertz CT molecular complexity index is 473. The molecular weight excluding hydrogens is 190 g/mol. The Balaban J connectivity index is 2.25. The summed E-state index contributed by atoms with van der Waals surface area (Å²) in [6.45, 7) is 2.52. The third-order valence-corrected chi connectivity index (χ3v) is 2.28. The quantitative estimate of drug-likeness (QED) is 0.716. The van der Waals surface area contributed by atoms with E-state index in [1.807, 2.05) is 48.0 Å². The molecule has 0 saturated carbocycles. The first-order valence-corrected chi connectivity index (χ1v) is 5.00. The van der Waals surface area contributed by atoms with Crippen LogP contribution in [0.1, 0.15) is 6.92 Å². The number of ether oxygens (including phenoxy) is 1. The fourth-order valence-electron chi connectivity index (χ4n) is 1.62. The van der Waals surface area contributed by atoms with Crippen molar-refractivity contribution in [3.05, 3.63) is 36.5 Å². The van der Waals surface area contributed by atoms with Crippen LogP contribution in [0.15, 0.2) is 36.5 Å². The highest BCUT2D eigenvalue weighted by atomic mass is 16.5. The summed E-state index contributed by atoms with van der Waals surface area (Å²) < 4.78 is 6.80. The molecule has 0 spiro atoms. The number of hydrogen-bond acceptors (Lipinski definition) is 2. The van der Waals surface area contributed by atoms with E-state index in [2.05, 4.69) is 0 Å². The van der Waals surface area contributed by atoms with Crippen molar-refractivity contribution in [3.63, 3.8) is 0 Å². The molecule has 0 aliphatic rings. The molecular formula is C12H13NO2. The Morgan fingerprint density at radius 1 is 1.33 bits per heavy atom. The van der Waals surface area contributed by atoms with Gasteiger partial charge in [0.1, 0.15) is 6.54 Å². The van der Waals surface area contributed by atoms with Crippen molar-refractivity contribution in [2.75, 3.05) is 6.61 Å². The van der Waals surface area contributed by atoms with Crippen molar-refractivity contribution in [1.29, 1.82) is 0 Å². The third kappa shape index (κ3) is 2.01. The Labute approximate surface area is 88.3 Å². The average molecular weight is 203 g/mol. The molecule has 2 rings (SSSR count). The van der Waals surface area contributed by atoms with Crippen LogP contribution in [0.2, 0.25) is 0 Å². The molecule has 3 heteroatoms. The van der Waals surface area contributed by atoms with Gasteiger partial charge in [0.25, 0.3) is 0 Å². The Morgan fingerprint density at radius 2 is 2.13 bits per heavy atom. The van der Waals surface area contributed by atoms with Crippen molar-refractivity contribution in [1.82, 2.24) is 4.57 Å². The van der Waals surface area contributed by atoms with E-state index in [0.717, 1.165) is 10.9 Å². The van der Waals surface area contributed by atoms with Gasteiger partial charge in [-0.2, -0.15) is 0 Å². The van der Waals surface area contributed by atoms with Crippen LogP contribution in [0.25, 0.3) is 10.9 Å². The minimum atomic E-state index is -0.196. The lowest BCUT2D eigenvalue weighted by Gasteiger charge is -2.04. The van der Waals surface area contributed by atoms with Gasteiger partial charge in [-0.1, -0.05) is 18.2 Å². The number of rotatable bonds is 3. The summed E-state index contributed by atoms with van der Waals surface area (Å²) >= 11 is 0. The molecule has 0 atom stereocenters. The van der Waals surface area contributed by atoms with E-state index in [4.69, 9.17) is 4.74 Å². The van der Waals surface area contributed by atoms with E-state index in [9.17, 15) is 4.79 Å². The second-order valence-corrected chi connectivity index (χ2v) is 3.31. The van der Waals surface area contributed by atoms with Gasteiger partial charge in [-0.15, -0.1) is 0 Å². The lowest BCUT2D eigenvalue weighted by atomic mass is 10.2. The molecule has 0 radical (unpaired) electrons. The Morgan fingerprint density at radius 3 is 2.93 bits per heavy atom. The number of esters is 1. The predicted molar refractivity (Wildman–Crippen MR) is 58.6 cm³/mol. The standard InChI is InChI=1S/C12H13NO2/c1-2-15-12(14)9-13-8-7-10-5-3-4-6-11(10)13/h3-8H,2,9H2,1H3. The summed E-state index contributed by atoms with van der Waals surface area (Å²) in [4.78, 5) is 11.3. The van der Waals surface area contributed by atoms with Gasteiger partial charge in [-0.05, 0) is 24.4 Å². The average Bonchev–Trinajstić information content (AvgIpc) is 2.62. The van der Waals surface area contributed by atoms with Gasteiger partial charge in [0.05, 0.1) is 6.61 Å². The summed E-state index contributed by atoms with van der Waals surface area (Å²) in [5, 5.41) is 1.14. The van der Waals surface area contributed by atoms with E-state index in [1.54, 1.807) is 0 Å². The first-order valence-electron chi connectivity index (χ1n) is 5.00. The molecule has 0 unspecified atom stereocenters. The molecule has 0 amide bonds. The molecule has 1 aromatic heterocycles. The van der Waals surface area contributed by atoms with E-state index in [-0.39, 0.29) is 12.5 Å². The zero-order valence-electron chi connectivity index (χ0n) is 8.64. The fourth-order valence-corrected chi connectivity index (χ4v) is 1.62. The van der Waals surface area contributed by atoms with Crippen molar-refractivity contribution in [2.24, 2.45) is 0 Å². The molecule has 78 valence electrons. The van der Waals surface area contributed by atoms with Crippen LogP contribution < -0.4 is 0 Å². The van der Waals surface area contributed by atoms with E-state index >= 15 is 0 Å². The summed E-state index contributed by atoms with van der Waals surface area (Å²) in [6.07, 6.45) is 1.90. The maximum Gasteiger partial charge on any atom is 0.325 e. The number of carbonyl (C=O) groups is 1. The molecule has 0 fully saturated rings. The number of nitrogens with zero attached hydrogens (tertiary/aromatic N) is 1. The molecule has 0 saturated heterocycles. The van der Waals surface area contributed by atoms with Crippen molar-refractivity contribution < 1.29 is 9.53 Å². The molecule has 0 aliphatic heterocycles. The highest BCUT2D eigenvalue weighted by Gasteiger charge is 2.05. The van der Waals surface area contributed by atoms with Crippen LogP contribution >= 0.6 is 0 Å². The molecule has 2 aromatic rings. The van der Waals surface area contributed by atoms with Crippen LogP contribution in [-0.4, -0.2) is 17.1 Å². The van der Waals surface area contributed by atoms with Crippen molar-refractivity contribution in [3.8, 4) is 0 Å². The largest absolute Gasteiger partial charge is 0.465 e. The summed E-state index contributed by atoms with van der Waals surface area (Å²) in [6, 6.07) is 9.96. The maximum absolute atomic E-state index is 11.3. The number of hydrogen-bond donors (Lipinski definition) is 0. The molecule has 0 N–H and O–H groups in total. The number of aromatic nitrogens is 1. The Kier molecular flexibility index (Phi) is 2.72. The summed E-state index contributed by atoms with van der Waals surface area (Å²) in [5.41, 5.74) is 1.06. The fraction of sp³-hybridized carbons (Fsp3) is 0.250. The lowest BCUT2D eigenvalue weighted by molar-refractivity contribution is -0.143. The lowest BCUT2D eigenvalue weighted by Crippen LogP contribution is -2.12. The SMILES string of the molecule is CCOC(=O)Cn1ccc2ccccc21. The van der Waals surface area contributed by atoms with Gasteiger partial charge >= 0.3 is 5.97 Å². The van der Waals surface area contributed by atoms with Crippen molar-refractivity contribution in [2.45, 2.75) is 13.5 Å². The van der Waals surface area contributed by atoms with Gasteiger partial charge < -0.3 is 9.30 Å². The predicted octanol–water partition coefficient (Wildman–Crippen LogP) is 2.20. The zero-order valence-corrected chi connectivity index (χ0v) is 8.64. The minimum absolute atomic E-state index is 0.196. The number of para-hydroxylation sites is 1. The molecule has 1 heterocycles. The molecule has 3 nitrogen and oxygen atoms in total. The van der Waals surface area contributed by atoms with E-state index < -0.39 is 0 Å². The molecule has 1 aromatic carbocycles. The zero-order chi connectivity index (χ0) is 10.7. The monoisotopic (exact) mass is 203 g/mol. The summed E-state index contributed by atoms with van der Waals surface area (Å²) in [5.74, 6) is -0.196. The van der Waals surface area contributed by atoms with Crippen LogP contribution in [0, 0.1) is 0 Å². The van der Waals surface area contributed by atoms with Gasteiger partial charge in [-0.3, -0.25) is 4.79 Å². The second kappa shape index (κ2) is 4.17. The van der Waals surface area contributed by atoms with Crippen molar-refractivity contribution >= 4 is 16.9 Å². The van der Waals surface area contributed by atoms with Crippen LogP contribution in [-0.2, 0) is 16.1 Å². The van der Waals surface area contributed by atoms with E-state index in [0.29, 0.717) is 6.61 Å². The van der Waals surface area contributed by atoms with Gasteiger partial charge in [0.2, 0.25) is 0 Å². The normalized spacial score (nSPS) is 10.5. The maximum atomic E-state index is 11.3. The molecule has 0 aliphatic carbocycles. The highest BCUT2D eigenvalue weighted by Crippen LogP contribution is 2.14. The topological polar surface area (TPSA) is 31.2 Å². The second-order valence-electron chi connectivity index (χ2n) is 3.31. The summed E-state index contributed by atoms with van der Waals surface area (Å²) in [7, 11) is 0. The van der Waals surface area contributed by atoms with Crippen LogP contribution in [0.3, 0.4) is 0 Å². The highest BCUT2D eigenvalue weighted by molar-refractivity contribution is 5.81. The van der Waals surface area contributed by atoms with Crippen LogP contribution in [0.5, 0.6) is 0 Å². The van der Waals surface area contributed by atoms with Gasteiger partial charge in [-0.25, -0.2) is 0 Å². The van der Waals surface area contributed by atoms with Crippen LogP contribution in [0.4, 0.5) is 0 Å². The van der Waals surface area contributed by atoms with Gasteiger partial charge in [0.15, 0.2) is 0 Å². The first-order chi connectivity index (χ1) is 7.31. The smallest absolute Gasteiger partial charge is 0.325 e. The number of fused-ring (bicyclic) bond motifs is 1. The molecule has 0 bridgehead atoms.